The van der Waals surface area contributed by atoms with Crippen molar-refractivity contribution in [3.63, 3.8) is 0 Å². The number of rotatable bonds is 13. The summed E-state index contributed by atoms with van der Waals surface area (Å²) in [6.07, 6.45) is -1.03. The molecular weight excluding hydrogens is 642 g/mol. The van der Waals surface area contributed by atoms with Gasteiger partial charge in [0.25, 0.3) is 0 Å². The summed E-state index contributed by atoms with van der Waals surface area (Å²) in [6.45, 7) is 2.93. The molecule has 6 rings (SSSR count). The zero-order valence-corrected chi connectivity index (χ0v) is 28.9. The molecule has 0 unspecified atom stereocenters. The summed E-state index contributed by atoms with van der Waals surface area (Å²) in [4.78, 5) is 14.8. The van der Waals surface area contributed by atoms with Crippen molar-refractivity contribution in [1.29, 1.82) is 0 Å². The normalized spacial score (nSPS) is 18.5. The lowest BCUT2D eigenvalue weighted by Crippen LogP contribution is -2.43. The van der Waals surface area contributed by atoms with E-state index in [1.54, 1.807) is 12.1 Å². The third-order valence-electron chi connectivity index (χ3n) is 9.20. The first kappa shape index (κ1) is 35.8. The number of anilines is 1. The molecule has 0 radical (unpaired) electrons. The zero-order chi connectivity index (χ0) is 35.6. The van der Waals surface area contributed by atoms with Crippen molar-refractivity contribution in [3.8, 4) is 11.5 Å². The largest absolute Gasteiger partial charge is 0.457 e. The Morgan fingerprint density at radius 2 is 1.41 bits per heavy atom. The zero-order valence-electron chi connectivity index (χ0n) is 28.9. The number of benzene rings is 5. The summed E-state index contributed by atoms with van der Waals surface area (Å²) in [5.41, 5.74) is 5.16. The lowest BCUT2D eigenvalue weighted by atomic mass is 9.98. The highest BCUT2D eigenvalue weighted by atomic mass is 16.7. The summed E-state index contributed by atoms with van der Waals surface area (Å²) in [6, 6.07) is 41.6. The van der Waals surface area contributed by atoms with Crippen LogP contribution < -0.4 is 15.4 Å². The van der Waals surface area contributed by atoms with Crippen LogP contribution in [0.3, 0.4) is 0 Å². The van der Waals surface area contributed by atoms with E-state index >= 15 is 0 Å². The van der Waals surface area contributed by atoms with Crippen LogP contribution in [-0.2, 0) is 22.6 Å². The minimum Gasteiger partial charge on any atom is -0.457 e. The number of amides is 2. The van der Waals surface area contributed by atoms with Crippen LogP contribution in [0.5, 0.6) is 11.5 Å². The van der Waals surface area contributed by atoms with Crippen LogP contribution in [0.15, 0.2) is 133 Å². The summed E-state index contributed by atoms with van der Waals surface area (Å²) in [7, 11) is 2.00. The lowest BCUT2D eigenvalue weighted by Gasteiger charge is -2.39. The molecule has 9 heteroatoms. The van der Waals surface area contributed by atoms with Gasteiger partial charge in [-0.05, 0) is 72.6 Å². The predicted octanol–water partition coefficient (Wildman–Crippen LogP) is 7.89. The van der Waals surface area contributed by atoms with Crippen LogP contribution in [0.2, 0.25) is 0 Å². The molecule has 5 aromatic rings. The molecule has 1 fully saturated rings. The molecule has 0 saturated carbocycles. The Morgan fingerprint density at radius 1 is 0.804 bits per heavy atom. The first-order chi connectivity index (χ1) is 24.8. The number of para-hydroxylation sites is 1. The number of nitrogens with zero attached hydrogens (tertiary/aromatic N) is 1. The van der Waals surface area contributed by atoms with Crippen LogP contribution in [0.1, 0.15) is 59.7 Å². The van der Waals surface area contributed by atoms with Gasteiger partial charge in [-0.15, -0.1) is 0 Å². The topological polar surface area (TPSA) is 113 Å². The van der Waals surface area contributed by atoms with E-state index in [-0.39, 0.29) is 30.9 Å². The fourth-order valence-electron chi connectivity index (χ4n) is 6.07. The van der Waals surface area contributed by atoms with Crippen molar-refractivity contribution in [2.45, 2.75) is 57.1 Å². The minimum atomic E-state index is -0.642. The average Bonchev–Trinajstić information content (AvgIpc) is 3.18. The van der Waals surface area contributed by atoms with Crippen LogP contribution in [0.25, 0.3) is 0 Å². The van der Waals surface area contributed by atoms with Gasteiger partial charge < -0.3 is 35.1 Å². The first-order valence-corrected chi connectivity index (χ1v) is 17.2. The quantitative estimate of drug-likeness (QED) is 0.0996. The summed E-state index contributed by atoms with van der Waals surface area (Å²) >= 11 is 0. The van der Waals surface area contributed by atoms with Gasteiger partial charge >= 0.3 is 6.03 Å². The van der Waals surface area contributed by atoms with E-state index in [1.165, 1.54) is 0 Å². The van der Waals surface area contributed by atoms with E-state index in [0.29, 0.717) is 30.9 Å². The Hall–Kier alpha value is -5.03. The average molecular weight is 688 g/mol. The molecular formula is C42H45N3O6. The molecule has 1 aliphatic rings. The Bertz CT molecular complexity index is 1800. The number of carbonyl (C=O) groups excluding carboxylic acids is 1. The number of ether oxygens (including phenoxy) is 3. The van der Waals surface area contributed by atoms with Crippen molar-refractivity contribution in [2.24, 2.45) is 0 Å². The van der Waals surface area contributed by atoms with Crippen LogP contribution in [0.4, 0.5) is 10.5 Å². The van der Waals surface area contributed by atoms with Gasteiger partial charge in [0.15, 0.2) is 6.29 Å². The van der Waals surface area contributed by atoms with Gasteiger partial charge in [-0.25, -0.2) is 4.79 Å². The standard InChI is InChI=1S/C42H45N3O6/c1-29(40(47)33-9-5-3-6-10-33)45(2)27-38-25-39(32-17-15-31(28-46)16-18-32)51-41(50-38)34-19-13-30(14-20-34)26-43-42(48)44-35-21-23-37(24-22-35)49-36-11-7-4-8-12-36/h3-24,29,38-41,46-47H,25-28H2,1-2H3,(H2,43,44,48)/t29-,38-,39+,40-,41+/m0/s1. The molecule has 1 aliphatic heterocycles. The minimum absolute atomic E-state index is 0.0207. The Balaban J connectivity index is 1.06. The monoisotopic (exact) mass is 687 g/mol. The van der Waals surface area contributed by atoms with Gasteiger partial charge in [-0.3, -0.25) is 4.90 Å². The molecule has 0 spiro atoms. The molecule has 5 atom stereocenters. The summed E-state index contributed by atoms with van der Waals surface area (Å²) in [5, 5.41) is 26.4. The molecule has 1 heterocycles. The third-order valence-corrected chi connectivity index (χ3v) is 9.20. The van der Waals surface area contributed by atoms with Crippen molar-refractivity contribution >= 4 is 11.7 Å². The number of carbonyl (C=O) groups is 1. The maximum Gasteiger partial charge on any atom is 0.319 e. The summed E-state index contributed by atoms with van der Waals surface area (Å²) in [5.74, 6) is 1.42. The molecule has 4 N–H and O–H groups in total. The second-order valence-corrected chi connectivity index (χ2v) is 12.9. The highest BCUT2D eigenvalue weighted by Crippen LogP contribution is 2.38. The maximum atomic E-state index is 12.7. The van der Waals surface area contributed by atoms with E-state index in [1.807, 2.05) is 135 Å². The Labute approximate surface area is 299 Å². The Kier molecular flexibility index (Phi) is 12.1. The molecule has 2 amide bonds. The molecule has 1 saturated heterocycles. The second-order valence-electron chi connectivity index (χ2n) is 12.9. The molecule has 264 valence electrons. The van der Waals surface area contributed by atoms with Gasteiger partial charge in [-0.2, -0.15) is 0 Å². The van der Waals surface area contributed by atoms with Crippen molar-refractivity contribution < 1.29 is 29.2 Å². The van der Waals surface area contributed by atoms with E-state index < -0.39 is 12.4 Å². The van der Waals surface area contributed by atoms with Gasteiger partial charge in [0.1, 0.15) is 11.5 Å². The number of likely N-dealkylation sites (N-methyl/N-ethyl adjacent to an activating group) is 1. The second kappa shape index (κ2) is 17.3. The number of urea groups is 1. The van der Waals surface area contributed by atoms with E-state index in [2.05, 4.69) is 15.5 Å². The van der Waals surface area contributed by atoms with Gasteiger partial charge in [-0.1, -0.05) is 97.1 Å². The molecule has 51 heavy (non-hydrogen) atoms. The van der Waals surface area contributed by atoms with Gasteiger partial charge in [0.2, 0.25) is 0 Å². The fourth-order valence-corrected chi connectivity index (χ4v) is 6.07. The van der Waals surface area contributed by atoms with E-state index in [9.17, 15) is 15.0 Å². The molecule has 0 bridgehead atoms. The summed E-state index contributed by atoms with van der Waals surface area (Å²) < 4.78 is 18.9. The SMILES string of the molecule is C[C@@H]([C@H](O)c1ccccc1)N(C)C[C@@H]1C[C@H](c2ccc(CO)cc2)O[C@H](c2ccc(CNC(=O)Nc3ccc(Oc4ccccc4)cc3)cc2)O1. The van der Waals surface area contributed by atoms with Crippen LogP contribution in [-0.4, -0.2) is 46.9 Å². The molecule has 0 aromatic heterocycles. The lowest BCUT2D eigenvalue weighted by molar-refractivity contribution is -0.253. The van der Waals surface area contributed by atoms with Gasteiger partial charge in [0, 0.05) is 36.8 Å². The highest BCUT2D eigenvalue weighted by Gasteiger charge is 2.34. The molecule has 5 aromatic carbocycles. The number of nitrogens with one attached hydrogen (secondary N) is 2. The fraction of sp³-hybridized carbons (Fsp3) is 0.262. The van der Waals surface area contributed by atoms with Gasteiger partial charge in [0.05, 0.1) is 24.9 Å². The smallest absolute Gasteiger partial charge is 0.319 e. The first-order valence-electron chi connectivity index (χ1n) is 17.2. The van der Waals surface area contributed by atoms with E-state index in [0.717, 1.165) is 33.6 Å². The maximum absolute atomic E-state index is 12.7. The van der Waals surface area contributed by atoms with Crippen LogP contribution in [0, 0.1) is 0 Å². The molecule has 0 aliphatic carbocycles. The number of aliphatic hydroxyl groups excluding tert-OH is 2. The number of hydrogen-bond acceptors (Lipinski definition) is 7. The Morgan fingerprint density at radius 3 is 2.08 bits per heavy atom. The number of aliphatic hydroxyl groups is 2. The van der Waals surface area contributed by atoms with Crippen molar-refractivity contribution in [2.75, 3.05) is 18.9 Å². The molecule has 9 nitrogen and oxygen atoms in total. The highest BCUT2D eigenvalue weighted by molar-refractivity contribution is 5.89. The van der Waals surface area contributed by atoms with E-state index in [4.69, 9.17) is 14.2 Å². The predicted molar refractivity (Wildman–Crippen MR) is 197 cm³/mol. The third kappa shape index (κ3) is 9.82. The van der Waals surface area contributed by atoms with Crippen LogP contribution >= 0.6 is 0 Å². The van der Waals surface area contributed by atoms with Crippen molar-refractivity contribution in [1.82, 2.24) is 10.2 Å². The number of hydrogen-bond donors (Lipinski definition) is 4. The van der Waals surface area contributed by atoms with Crippen molar-refractivity contribution in [3.05, 3.63) is 161 Å².